The SMILES string of the molecule is CC(C)NCc1nnc(-c2ccc(F)c(F)c2F)s1. The molecule has 0 aliphatic rings. The molecule has 0 fully saturated rings. The molecule has 0 amide bonds. The van der Waals surface area contributed by atoms with Crippen molar-refractivity contribution in [3.8, 4) is 10.6 Å². The van der Waals surface area contributed by atoms with Gasteiger partial charge in [0.05, 0.1) is 5.56 Å². The third-order valence-corrected chi connectivity index (χ3v) is 3.35. The van der Waals surface area contributed by atoms with Crippen molar-refractivity contribution >= 4 is 11.3 Å². The number of hydrogen-bond acceptors (Lipinski definition) is 4. The predicted molar refractivity (Wildman–Crippen MR) is 67.2 cm³/mol. The predicted octanol–water partition coefficient (Wildman–Crippen LogP) is 3.12. The van der Waals surface area contributed by atoms with E-state index in [-0.39, 0.29) is 16.6 Å². The molecular weight excluding hydrogens is 275 g/mol. The van der Waals surface area contributed by atoms with Gasteiger partial charge in [0.25, 0.3) is 0 Å². The number of aromatic nitrogens is 2. The highest BCUT2D eigenvalue weighted by Gasteiger charge is 2.17. The van der Waals surface area contributed by atoms with Gasteiger partial charge in [0.2, 0.25) is 0 Å². The Hall–Kier alpha value is -1.47. The number of hydrogen-bond donors (Lipinski definition) is 1. The van der Waals surface area contributed by atoms with E-state index < -0.39 is 17.5 Å². The summed E-state index contributed by atoms with van der Waals surface area (Å²) in [5.41, 5.74) is -0.0767. The van der Waals surface area contributed by atoms with Crippen molar-refractivity contribution in [2.75, 3.05) is 0 Å². The Bertz CT molecular complexity index is 584. The Kier molecular flexibility index (Phi) is 4.16. The van der Waals surface area contributed by atoms with Crippen LogP contribution in [0.2, 0.25) is 0 Å². The smallest absolute Gasteiger partial charge is 0.195 e. The highest BCUT2D eigenvalue weighted by molar-refractivity contribution is 7.14. The van der Waals surface area contributed by atoms with Crippen LogP contribution in [0.15, 0.2) is 12.1 Å². The van der Waals surface area contributed by atoms with Gasteiger partial charge in [0, 0.05) is 12.6 Å². The standard InChI is InChI=1S/C12H12F3N3S/c1-6(2)16-5-9-17-18-12(19-9)7-3-4-8(13)11(15)10(7)14/h3-4,6,16H,5H2,1-2H3. The fraction of sp³-hybridized carbons (Fsp3) is 0.333. The van der Waals surface area contributed by atoms with Crippen molar-refractivity contribution in [3.05, 3.63) is 34.6 Å². The van der Waals surface area contributed by atoms with Crippen LogP contribution in [0.5, 0.6) is 0 Å². The van der Waals surface area contributed by atoms with Crippen molar-refractivity contribution in [1.82, 2.24) is 15.5 Å². The molecule has 0 spiro atoms. The Morgan fingerprint density at radius 1 is 1.16 bits per heavy atom. The van der Waals surface area contributed by atoms with Crippen LogP contribution in [0.4, 0.5) is 13.2 Å². The Balaban J connectivity index is 2.26. The third kappa shape index (κ3) is 3.10. The molecule has 0 aliphatic carbocycles. The first kappa shape index (κ1) is 14.0. The van der Waals surface area contributed by atoms with Crippen molar-refractivity contribution < 1.29 is 13.2 Å². The zero-order chi connectivity index (χ0) is 14.0. The van der Waals surface area contributed by atoms with Gasteiger partial charge in [-0.05, 0) is 12.1 Å². The van der Waals surface area contributed by atoms with Crippen LogP contribution < -0.4 is 5.32 Å². The normalized spacial score (nSPS) is 11.3. The van der Waals surface area contributed by atoms with Crippen LogP contribution in [0.3, 0.4) is 0 Å². The lowest BCUT2D eigenvalue weighted by Gasteiger charge is -2.03. The summed E-state index contributed by atoms with van der Waals surface area (Å²) in [6.45, 7) is 4.47. The summed E-state index contributed by atoms with van der Waals surface area (Å²) in [6.07, 6.45) is 0. The molecule has 2 rings (SSSR count). The molecule has 0 saturated heterocycles. The number of benzene rings is 1. The van der Waals surface area contributed by atoms with E-state index in [1.807, 2.05) is 13.8 Å². The van der Waals surface area contributed by atoms with E-state index in [2.05, 4.69) is 15.5 Å². The quantitative estimate of drug-likeness (QED) is 0.878. The maximum atomic E-state index is 13.6. The van der Waals surface area contributed by atoms with Crippen molar-refractivity contribution in [2.24, 2.45) is 0 Å². The van der Waals surface area contributed by atoms with E-state index in [1.165, 1.54) is 0 Å². The number of rotatable bonds is 4. The van der Waals surface area contributed by atoms with Crippen LogP contribution >= 0.6 is 11.3 Å². The maximum Gasteiger partial charge on any atom is 0.195 e. The van der Waals surface area contributed by atoms with Gasteiger partial charge in [0.1, 0.15) is 5.01 Å². The molecule has 0 unspecified atom stereocenters. The third-order valence-electron chi connectivity index (χ3n) is 2.39. The summed E-state index contributed by atoms with van der Waals surface area (Å²) < 4.78 is 39.5. The number of halogens is 3. The minimum absolute atomic E-state index is 0.0767. The first-order chi connectivity index (χ1) is 8.99. The van der Waals surface area contributed by atoms with Crippen molar-refractivity contribution in [1.29, 1.82) is 0 Å². The molecular formula is C12H12F3N3S. The second-order valence-electron chi connectivity index (χ2n) is 4.26. The van der Waals surface area contributed by atoms with Crippen LogP contribution in [0.25, 0.3) is 10.6 Å². The molecule has 1 aromatic carbocycles. The summed E-state index contributed by atoms with van der Waals surface area (Å²) in [5.74, 6) is -3.94. The molecule has 0 saturated carbocycles. The molecule has 1 heterocycles. The van der Waals surface area contributed by atoms with E-state index >= 15 is 0 Å². The molecule has 102 valence electrons. The highest BCUT2D eigenvalue weighted by Crippen LogP contribution is 2.28. The average molecular weight is 287 g/mol. The maximum absolute atomic E-state index is 13.6. The highest BCUT2D eigenvalue weighted by atomic mass is 32.1. The summed E-state index contributed by atoms with van der Waals surface area (Å²) in [6, 6.07) is 2.32. The van der Waals surface area contributed by atoms with Gasteiger partial charge in [-0.2, -0.15) is 0 Å². The average Bonchev–Trinajstić information content (AvgIpc) is 2.82. The number of nitrogens with zero attached hydrogens (tertiary/aromatic N) is 2. The fourth-order valence-corrected chi connectivity index (χ4v) is 2.23. The molecule has 7 heteroatoms. The van der Waals surface area contributed by atoms with Crippen LogP contribution in [0.1, 0.15) is 18.9 Å². The summed E-state index contributed by atoms with van der Waals surface area (Å²) in [5, 5.41) is 11.7. The monoisotopic (exact) mass is 287 g/mol. The molecule has 0 aliphatic heterocycles. The second-order valence-corrected chi connectivity index (χ2v) is 5.32. The van der Waals surface area contributed by atoms with Gasteiger partial charge < -0.3 is 5.32 Å². The van der Waals surface area contributed by atoms with E-state index in [4.69, 9.17) is 0 Å². The fourth-order valence-electron chi connectivity index (χ4n) is 1.42. The van der Waals surface area contributed by atoms with E-state index in [1.54, 1.807) is 0 Å². The zero-order valence-corrected chi connectivity index (χ0v) is 11.2. The molecule has 3 nitrogen and oxygen atoms in total. The van der Waals surface area contributed by atoms with E-state index in [0.29, 0.717) is 11.6 Å². The lowest BCUT2D eigenvalue weighted by atomic mass is 10.2. The molecule has 2 aromatic rings. The zero-order valence-electron chi connectivity index (χ0n) is 10.4. The van der Waals surface area contributed by atoms with Gasteiger partial charge in [-0.3, -0.25) is 0 Å². The first-order valence-corrected chi connectivity index (χ1v) is 6.50. The van der Waals surface area contributed by atoms with E-state index in [9.17, 15) is 13.2 Å². The lowest BCUT2D eigenvalue weighted by Crippen LogP contribution is -2.21. The van der Waals surface area contributed by atoms with Crippen molar-refractivity contribution in [2.45, 2.75) is 26.4 Å². The molecule has 19 heavy (non-hydrogen) atoms. The molecule has 0 radical (unpaired) electrons. The van der Waals surface area contributed by atoms with E-state index in [0.717, 1.165) is 23.5 Å². The van der Waals surface area contributed by atoms with Gasteiger partial charge in [-0.15, -0.1) is 10.2 Å². The minimum Gasteiger partial charge on any atom is -0.308 e. The molecule has 1 N–H and O–H groups in total. The molecule has 0 atom stereocenters. The Morgan fingerprint density at radius 2 is 1.89 bits per heavy atom. The van der Waals surface area contributed by atoms with Gasteiger partial charge in [-0.25, -0.2) is 13.2 Å². The van der Waals surface area contributed by atoms with Crippen LogP contribution in [-0.2, 0) is 6.54 Å². The summed E-state index contributed by atoms with van der Waals surface area (Å²) >= 11 is 1.14. The summed E-state index contributed by atoms with van der Waals surface area (Å²) in [4.78, 5) is 0. The summed E-state index contributed by atoms with van der Waals surface area (Å²) in [7, 11) is 0. The van der Waals surface area contributed by atoms with Crippen molar-refractivity contribution in [3.63, 3.8) is 0 Å². The first-order valence-electron chi connectivity index (χ1n) is 5.68. The lowest BCUT2D eigenvalue weighted by molar-refractivity contribution is 0.449. The van der Waals surface area contributed by atoms with Gasteiger partial charge >= 0.3 is 0 Å². The Morgan fingerprint density at radius 3 is 2.58 bits per heavy atom. The number of nitrogens with one attached hydrogen (secondary N) is 1. The molecule has 1 aromatic heterocycles. The Labute approximate surface area is 112 Å². The van der Waals surface area contributed by atoms with Gasteiger partial charge in [-0.1, -0.05) is 25.2 Å². The van der Waals surface area contributed by atoms with Crippen LogP contribution in [0, 0.1) is 17.5 Å². The second kappa shape index (κ2) is 5.66. The molecule has 0 bridgehead atoms. The van der Waals surface area contributed by atoms with Gasteiger partial charge in [0.15, 0.2) is 22.5 Å². The van der Waals surface area contributed by atoms with Crippen LogP contribution in [-0.4, -0.2) is 16.2 Å². The topological polar surface area (TPSA) is 37.8 Å². The minimum atomic E-state index is -1.49. The largest absolute Gasteiger partial charge is 0.308 e.